The number of nitrogens with zero attached hydrogens (tertiary/aromatic N) is 3. The van der Waals surface area contributed by atoms with Crippen LogP contribution in [0.1, 0.15) is 79.8 Å². The van der Waals surface area contributed by atoms with Crippen LogP contribution in [0, 0.1) is 17.9 Å². The number of allylic oxidation sites excluding steroid dienone is 1. The highest BCUT2D eigenvalue weighted by molar-refractivity contribution is 7.32. The van der Waals surface area contributed by atoms with Gasteiger partial charge in [0.2, 0.25) is 0 Å². The lowest BCUT2D eigenvalue weighted by atomic mass is 9.81. The van der Waals surface area contributed by atoms with E-state index in [0.717, 1.165) is 26.8 Å². The minimum atomic E-state index is -0.212. The molecule has 5 aromatic carbocycles. The number of hydrogen-bond acceptors (Lipinski definition) is 5. The van der Waals surface area contributed by atoms with Gasteiger partial charge in [-0.25, -0.2) is 10.1 Å². The molecule has 0 spiro atoms. The van der Waals surface area contributed by atoms with Crippen molar-refractivity contribution >= 4 is 66.5 Å². The summed E-state index contributed by atoms with van der Waals surface area (Å²) in [4.78, 5) is 10.5. The van der Waals surface area contributed by atoms with Crippen molar-refractivity contribution in [3.05, 3.63) is 177 Å². The zero-order chi connectivity index (χ0) is 40.6. The molecule has 0 saturated carbocycles. The van der Waals surface area contributed by atoms with Crippen LogP contribution >= 0.6 is 34.0 Å². The topological polar surface area (TPSA) is 31.4 Å². The smallest absolute Gasteiger partial charge is 0.263 e. The third-order valence-electron chi connectivity index (χ3n) is 13.2. The summed E-state index contributed by atoms with van der Waals surface area (Å²) >= 11 is 5.39. The van der Waals surface area contributed by atoms with Gasteiger partial charge < -0.3 is 4.90 Å². The fourth-order valence-corrected chi connectivity index (χ4v) is 14.2. The minimum Gasteiger partial charge on any atom is -0.310 e. The maximum atomic E-state index is 9.29. The van der Waals surface area contributed by atoms with Crippen LogP contribution in [-0.4, -0.2) is 0 Å². The van der Waals surface area contributed by atoms with Gasteiger partial charge in [-0.05, 0) is 122 Å². The van der Waals surface area contributed by atoms with Crippen LogP contribution in [0.15, 0.2) is 127 Å². The second-order valence-electron chi connectivity index (χ2n) is 17.6. The number of nitriles is 1. The van der Waals surface area contributed by atoms with Crippen LogP contribution in [0.3, 0.4) is 0 Å². The third-order valence-corrected chi connectivity index (χ3v) is 16.9. The molecule has 8 aromatic rings. The zero-order valence-electron chi connectivity index (χ0n) is 33.7. The molecule has 11 rings (SSSR count). The van der Waals surface area contributed by atoms with Crippen LogP contribution in [0.4, 0.5) is 17.1 Å². The van der Waals surface area contributed by atoms with E-state index in [9.17, 15) is 5.26 Å². The van der Waals surface area contributed by atoms with E-state index < -0.39 is 0 Å². The standard InChI is InChI=1S/C53H39N3S3/c1-51(2)40-14-10-8-12-35(40)37-20-16-31(25-42(37)51)56(32-17-21-38-36-13-9-11-15-41(36)52(3,4)43(38)26-32)33-18-22-39-44(27-33)53(5,6)48-49(39)59-47-28-46(58-50(47)48)45-23-19-34(57-45)24-30(29-54)55-7/h8-28H,1-6H3/b30-24-. The number of benzene rings is 5. The lowest BCUT2D eigenvalue weighted by Crippen LogP contribution is -2.19. The lowest BCUT2D eigenvalue weighted by molar-refractivity contribution is 0.660. The maximum Gasteiger partial charge on any atom is 0.263 e. The highest BCUT2D eigenvalue weighted by Crippen LogP contribution is 2.60. The molecule has 0 N–H and O–H groups in total. The summed E-state index contributed by atoms with van der Waals surface area (Å²) in [6.45, 7) is 21.5. The highest BCUT2D eigenvalue weighted by atomic mass is 32.1. The molecule has 0 atom stereocenters. The Bertz CT molecular complexity index is 3120. The van der Waals surface area contributed by atoms with Gasteiger partial charge in [0.15, 0.2) is 0 Å². The van der Waals surface area contributed by atoms with E-state index in [4.69, 9.17) is 6.57 Å². The molecule has 0 amide bonds. The number of anilines is 3. The van der Waals surface area contributed by atoms with Gasteiger partial charge >= 0.3 is 0 Å². The van der Waals surface area contributed by atoms with E-state index in [-0.39, 0.29) is 21.9 Å². The van der Waals surface area contributed by atoms with Crippen molar-refractivity contribution in [1.82, 2.24) is 0 Å². The van der Waals surface area contributed by atoms with E-state index >= 15 is 0 Å². The zero-order valence-corrected chi connectivity index (χ0v) is 36.1. The summed E-state index contributed by atoms with van der Waals surface area (Å²) in [6, 6.07) is 47.6. The Balaban J connectivity index is 1.04. The van der Waals surface area contributed by atoms with Crippen molar-refractivity contribution in [2.75, 3.05) is 4.90 Å². The molecule has 6 heteroatoms. The Kier molecular flexibility index (Phi) is 7.64. The summed E-state index contributed by atoms with van der Waals surface area (Å²) in [7, 11) is 0. The molecular formula is C53H39N3S3. The van der Waals surface area contributed by atoms with Gasteiger partial charge in [0.25, 0.3) is 5.70 Å². The predicted molar refractivity (Wildman–Crippen MR) is 251 cm³/mol. The lowest BCUT2D eigenvalue weighted by Gasteiger charge is -2.31. The predicted octanol–water partition coefficient (Wildman–Crippen LogP) is 15.9. The number of hydrogen-bond donors (Lipinski definition) is 0. The summed E-state index contributed by atoms with van der Waals surface area (Å²) < 4.78 is 2.66. The highest BCUT2D eigenvalue weighted by Gasteiger charge is 2.41. The van der Waals surface area contributed by atoms with Gasteiger partial charge in [-0.2, -0.15) is 0 Å². The van der Waals surface area contributed by atoms with Crippen molar-refractivity contribution in [2.45, 2.75) is 57.8 Å². The molecule has 3 nitrogen and oxygen atoms in total. The summed E-state index contributed by atoms with van der Waals surface area (Å²) in [6.07, 6.45) is 1.68. The molecule has 3 aliphatic rings. The first-order chi connectivity index (χ1) is 28.4. The Morgan fingerprint density at radius 1 is 0.576 bits per heavy atom. The third kappa shape index (κ3) is 5.07. The first kappa shape index (κ1) is 36.1. The molecule has 284 valence electrons. The minimum absolute atomic E-state index is 0.108. The molecule has 3 aliphatic carbocycles. The van der Waals surface area contributed by atoms with Crippen LogP contribution < -0.4 is 4.90 Å². The van der Waals surface area contributed by atoms with Crippen molar-refractivity contribution in [2.24, 2.45) is 0 Å². The molecule has 3 aromatic heterocycles. The fraction of sp³-hybridized carbons (Fsp3) is 0.170. The SMILES string of the molecule is [C-]#[N+]/C(C#N)=C\c1ccc(-c2cc3sc4c(c3s2)C(C)(C)c2cc(N(c3ccc5c(c3)C(C)(C)c3ccccc3-5)c3ccc5c(c3)C(C)(C)c3ccccc3-5)ccc2-4)s1. The van der Waals surface area contributed by atoms with E-state index in [1.165, 1.54) is 80.4 Å². The average molecular weight is 814 g/mol. The van der Waals surface area contributed by atoms with Crippen molar-refractivity contribution in [1.29, 1.82) is 5.26 Å². The molecule has 0 aliphatic heterocycles. The molecule has 0 bridgehead atoms. The quantitative estimate of drug-likeness (QED) is 0.128. The van der Waals surface area contributed by atoms with Gasteiger partial charge in [-0.3, -0.25) is 0 Å². The van der Waals surface area contributed by atoms with E-state index in [1.54, 1.807) is 17.4 Å². The Morgan fingerprint density at radius 2 is 1.10 bits per heavy atom. The van der Waals surface area contributed by atoms with E-state index in [1.807, 2.05) is 34.8 Å². The summed E-state index contributed by atoms with van der Waals surface area (Å²) in [5.74, 6) is 0. The average Bonchev–Trinajstić information content (AvgIpc) is 4.07. The van der Waals surface area contributed by atoms with Gasteiger partial charge in [-0.15, -0.1) is 34.0 Å². The Hall–Kier alpha value is -6.02. The Morgan fingerprint density at radius 3 is 1.66 bits per heavy atom. The van der Waals surface area contributed by atoms with Crippen molar-refractivity contribution in [3.8, 4) is 48.5 Å². The number of thiophene rings is 3. The Labute approximate surface area is 357 Å². The summed E-state index contributed by atoms with van der Waals surface area (Å²) in [5, 5.41) is 9.29. The molecular weight excluding hydrogens is 775 g/mol. The first-order valence-electron chi connectivity index (χ1n) is 20.0. The molecule has 0 fully saturated rings. The van der Waals surface area contributed by atoms with Gasteiger partial charge in [-0.1, -0.05) is 108 Å². The fourth-order valence-electron chi connectivity index (χ4n) is 10.2. The second kappa shape index (κ2) is 12.5. The normalized spacial score (nSPS) is 15.8. The van der Waals surface area contributed by atoms with Gasteiger partial charge in [0.05, 0.1) is 17.3 Å². The summed E-state index contributed by atoms with van der Waals surface area (Å²) in [5.41, 5.74) is 18.0. The monoisotopic (exact) mass is 813 g/mol. The van der Waals surface area contributed by atoms with Gasteiger partial charge in [0, 0.05) is 57.5 Å². The van der Waals surface area contributed by atoms with Crippen LogP contribution in [0.5, 0.6) is 0 Å². The number of fused-ring (bicyclic) bond motifs is 11. The van der Waals surface area contributed by atoms with Crippen LogP contribution in [0.25, 0.3) is 62.8 Å². The van der Waals surface area contributed by atoms with Crippen molar-refractivity contribution in [3.63, 3.8) is 0 Å². The molecule has 0 saturated heterocycles. The molecule has 0 unspecified atom stereocenters. The number of rotatable bonds is 5. The largest absolute Gasteiger partial charge is 0.310 e. The molecule has 3 heterocycles. The van der Waals surface area contributed by atoms with Crippen LogP contribution in [0.2, 0.25) is 0 Å². The second-order valence-corrected chi connectivity index (χ2v) is 20.8. The van der Waals surface area contributed by atoms with Gasteiger partial charge in [0.1, 0.15) is 0 Å². The molecule has 0 radical (unpaired) electrons. The maximum absolute atomic E-state index is 9.29. The molecule has 59 heavy (non-hydrogen) atoms. The van der Waals surface area contributed by atoms with E-state index in [2.05, 4.69) is 167 Å². The van der Waals surface area contributed by atoms with Crippen LogP contribution in [-0.2, 0) is 16.2 Å². The van der Waals surface area contributed by atoms with Crippen molar-refractivity contribution < 1.29 is 0 Å². The van der Waals surface area contributed by atoms with E-state index in [0.29, 0.717) is 0 Å². The first-order valence-corrected chi connectivity index (χ1v) is 22.5.